The zero-order chi connectivity index (χ0) is 16.9. The molecule has 0 aliphatic rings. The predicted octanol–water partition coefficient (Wildman–Crippen LogP) is 3.99. The van der Waals surface area contributed by atoms with Crippen LogP contribution < -0.4 is 0 Å². The highest BCUT2D eigenvalue weighted by Gasteiger charge is 2.21. The lowest BCUT2D eigenvalue weighted by atomic mass is 9.80. The molecule has 1 aromatic rings. The van der Waals surface area contributed by atoms with E-state index < -0.39 is 19.1 Å². The van der Waals surface area contributed by atoms with Gasteiger partial charge in [-0.2, -0.15) is 0 Å². The van der Waals surface area contributed by atoms with Gasteiger partial charge >= 0.3 is 0 Å². The summed E-state index contributed by atoms with van der Waals surface area (Å²) in [5, 5.41) is 10.1. The largest absolute Gasteiger partial charge is 0.508 e. The lowest BCUT2D eigenvalue weighted by Crippen LogP contribution is -2.16. The number of hydrogen-bond donors (Lipinski definition) is 1. The SMILES string of the molecule is [2H]C([2H])([2H])C(C)(c1cc(C(C)(C)C)ccc1O)C([2H])([2H])[2H]. The van der Waals surface area contributed by atoms with Crippen LogP contribution >= 0.6 is 0 Å². The fourth-order valence-corrected chi connectivity index (χ4v) is 1.40. The predicted molar refractivity (Wildman–Crippen MR) is 65.5 cm³/mol. The first-order valence-electron chi connectivity index (χ1n) is 7.96. The summed E-state index contributed by atoms with van der Waals surface area (Å²) in [6, 6.07) is 4.54. The van der Waals surface area contributed by atoms with E-state index in [1.807, 2.05) is 20.8 Å². The van der Waals surface area contributed by atoms with Crippen LogP contribution in [0.25, 0.3) is 0 Å². The molecule has 84 valence electrons. The highest BCUT2D eigenvalue weighted by molar-refractivity contribution is 5.42. The number of aromatic hydroxyl groups is 1. The van der Waals surface area contributed by atoms with Crippen LogP contribution in [0.1, 0.15) is 60.8 Å². The standard InChI is InChI=1S/C14H22O/c1-13(2,3)10-7-8-12(15)11(9-10)14(4,5)6/h7-9,15H,1-6H3/i4D3,5D3. The van der Waals surface area contributed by atoms with Gasteiger partial charge in [0.15, 0.2) is 0 Å². The first-order chi connectivity index (χ1) is 9.12. The normalized spacial score (nSPS) is 20.5. The van der Waals surface area contributed by atoms with Gasteiger partial charge in [0.2, 0.25) is 0 Å². The lowest BCUT2D eigenvalue weighted by molar-refractivity contribution is 0.444. The molecule has 0 amide bonds. The van der Waals surface area contributed by atoms with Crippen molar-refractivity contribution in [2.75, 3.05) is 0 Å². The van der Waals surface area contributed by atoms with Crippen molar-refractivity contribution in [3.05, 3.63) is 29.3 Å². The Balaban J connectivity index is 3.69. The molecule has 1 heteroatoms. The van der Waals surface area contributed by atoms with Gasteiger partial charge in [-0.3, -0.25) is 0 Å². The van der Waals surface area contributed by atoms with Crippen LogP contribution in [0.2, 0.25) is 0 Å². The maximum Gasteiger partial charge on any atom is 0.119 e. The van der Waals surface area contributed by atoms with Crippen LogP contribution in [-0.4, -0.2) is 5.11 Å². The van der Waals surface area contributed by atoms with Gasteiger partial charge in [-0.05, 0) is 28.0 Å². The number of rotatable bonds is 0. The average molecular weight is 212 g/mol. The summed E-state index contributed by atoms with van der Waals surface area (Å²) in [4.78, 5) is 0. The van der Waals surface area contributed by atoms with E-state index in [-0.39, 0.29) is 16.7 Å². The minimum absolute atomic E-state index is 0.0603. The highest BCUT2D eigenvalue weighted by atomic mass is 16.3. The molecule has 0 saturated heterocycles. The van der Waals surface area contributed by atoms with Crippen molar-refractivity contribution in [1.29, 1.82) is 0 Å². The Kier molecular flexibility index (Phi) is 1.40. The number of phenols is 1. The van der Waals surface area contributed by atoms with E-state index in [0.29, 0.717) is 0 Å². The third-order valence-electron chi connectivity index (χ3n) is 2.40. The van der Waals surface area contributed by atoms with E-state index in [0.717, 1.165) is 12.5 Å². The van der Waals surface area contributed by atoms with Gasteiger partial charge in [0.1, 0.15) is 5.75 Å². The lowest BCUT2D eigenvalue weighted by Gasteiger charge is -2.25. The summed E-state index contributed by atoms with van der Waals surface area (Å²) in [5.74, 6) is -0.308. The molecule has 0 atom stereocenters. The number of phenolic OH excluding ortho intramolecular Hbond substituents is 1. The van der Waals surface area contributed by atoms with E-state index in [1.54, 1.807) is 6.07 Å². The molecule has 0 fully saturated rings. The van der Waals surface area contributed by atoms with Crippen molar-refractivity contribution in [2.24, 2.45) is 0 Å². The van der Waals surface area contributed by atoms with Crippen molar-refractivity contribution in [2.45, 2.75) is 52.2 Å². The molecule has 1 rings (SSSR count). The molecule has 0 radical (unpaired) electrons. The second-order valence-corrected chi connectivity index (χ2v) is 5.11. The summed E-state index contributed by atoms with van der Waals surface area (Å²) in [6.07, 6.45) is 0. The molecule has 1 N–H and O–H groups in total. The molecule has 0 heterocycles. The molecule has 0 spiro atoms. The van der Waals surface area contributed by atoms with Gasteiger partial charge in [0, 0.05) is 8.22 Å². The van der Waals surface area contributed by atoms with Crippen LogP contribution in [0.5, 0.6) is 5.75 Å². The second kappa shape index (κ2) is 3.55. The molecule has 0 bridgehead atoms. The molecule has 0 aliphatic carbocycles. The Morgan fingerprint density at radius 1 is 1.07 bits per heavy atom. The number of hydrogen-bond acceptors (Lipinski definition) is 1. The molecule has 0 unspecified atom stereocenters. The molecule has 0 aromatic heterocycles. The molecule has 1 nitrogen and oxygen atoms in total. The van der Waals surface area contributed by atoms with E-state index in [2.05, 4.69) is 0 Å². The van der Waals surface area contributed by atoms with E-state index in [1.165, 1.54) is 12.1 Å². The van der Waals surface area contributed by atoms with Gasteiger partial charge in [-0.25, -0.2) is 0 Å². The Hall–Kier alpha value is -0.980. The molecular formula is C14H22O. The summed E-state index contributed by atoms with van der Waals surface area (Å²) in [7, 11) is 0. The summed E-state index contributed by atoms with van der Waals surface area (Å²) >= 11 is 0. The minimum Gasteiger partial charge on any atom is -0.508 e. The van der Waals surface area contributed by atoms with Crippen molar-refractivity contribution < 1.29 is 13.3 Å². The van der Waals surface area contributed by atoms with Crippen LogP contribution in [0.15, 0.2) is 18.2 Å². The van der Waals surface area contributed by atoms with Crippen molar-refractivity contribution in [1.82, 2.24) is 0 Å². The summed E-state index contributed by atoms with van der Waals surface area (Å²) in [5.41, 5.74) is -1.71. The Labute approximate surface area is 102 Å². The molecule has 15 heavy (non-hydrogen) atoms. The van der Waals surface area contributed by atoms with Crippen LogP contribution in [0.3, 0.4) is 0 Å². The van der Waals surface area contributed by atoms with Gasteiger partial charge in [0.05, 0.1) is 0 Å². The topological polar surface area (TPSA) is 20.2 Å². The molecule has 0 saturated carbocycles. The maximum absolute atomic E-state index is 10.1. The third-order valence-corrected chi connectivity index (χ3v) is 2.40. The first kappa shape index (κ1) is 5.93. The second-order valence-electron chi connectivity index (χ2n) is 5.11. The molecular weight excluding hydrogens is 184 g/mol. The molecule has 0 aliphatic heterocycles. The van der Waals surface area contributed by atoms with Gasteiger partial charge < -0.3 is 5.11 Å². The van der Waals surface area contributed by atoms with E-state index in [9.17, 15) is 5.11 Å². The zero-order valence-corrected chi connectivity index (χ0v) is 9.68. The summed E-state index contributed by atoms with van der Waals surface area (Å²) in [6.45, 7) is 1.43. The number of benzene rings is 1. The quantitative estimate of drug-likeness (QED) is 0.689. The third kappa shape index (κ3) is 2.74. The average Bonchev–Trinajstić information content (AvgIpc) is 2.23. The first-order valence-corrected chi connectivity index (χ1v) is 4.96. The Morgan fingerprint density at radius 3 is 2.13 bits per heavy atom. The van der Waals surface area contributed by atoms with Crippen molar-refractivity contribution in [3.63, 3.8) is 0 Å². The Morgan fingerprint density at radius 2 is 1.67 bits per heavy atom. The van der Waals surface area contributed by atoms with Crippen LogP contribution in [0.4, 0.5) is 0 Å². The van der Waals surface area contributed by atoms with Crippen LogP contribution in [0, 0.1) is 0 Å². The van der Waals surface area contributed by atoms with Gasteiger partial charge in [-0.1, -0.05) is 53.5 Å². The van der Waals surface area contributed by atoms with E-state index in [4.69, 9.17) is 8.22 Å². The summed E-state index contributed by atoms with van der Waals surface area (Å²) < 4.78 is 46.0. The van der Waals surface area contributed by atoms with Crippen molar-refractivity contribution >= 4 is 0 Å². The maximum atomic E-state index is 10.1. The minimum atomic E-state index is -2.77. The van der Waals surface area contributed by atoms with Gasteiger partial charge in [-0.15, -0.1) is 0 Å². The van der Waals surface area contributed by atoms with Gasteiger partial charge in [0.25, 0.3) is 0 Å². The monoisotopic (exact) mass is 212 g/mol. The van der Waals surface area contributed by atoms with Crippen LogP contribution in [-0.2, 0) is 10.8 Å². The van der Waals surface area contributed by atoms with E-state index >= 15 is 0 Å². The molecule has 1 aromatic carbocycles. The highest BCUT2D eigenvalue weighted by Crippen LogP contribution is 2.34. The fourth-order valence-electron chi connectivity index (χ4n) is 1.40. The smallest absolute Gasteiger partial charge is 0.119 e. The fraction of sp³-hybridized carbons (Fsp3) is 0.571. The Bertz CT molecular complexity index is 508. The zero-order valence-electron chi connectivity index (χ0n) is 15.7. The van der Waals surface area contributed by atoms with Crippen molar-refractivity contribution in [3.8, 4) is 5.75 Å².